The minimum absolute atomic E-state index is 0.0145. The Morgan fingerprint density at radius 3 is 2.75 bits per heavy atom. The summed E-state index contributed by atoms with van der Waals surface area (Å²) in [5.74, 6) is -0.888. The Kier molecular flexibility index (Phi) is 6.00. The Bertz CT molecular complexity index is 633. The molecule has 1 aromatic carbocycles. The van der Waals surface area contributed by atoms with E-state index in [1.807, 2.05) is 13.0 Å². The van der Waals surface area contributed by atoms with Crippen LogP contribution in [0.5, 0.6) is 0 Å². The van der Waals surface area contributed by atoms with Crippen molar-refractivity contribution in [1.29, 1.82) is 0 Å². The second-order valence-electron chi connectivity index (χ2n) is 5.46. The molecular formula is C16H22N4O4. The molecule has 2 rings (SSSR count). The topological polar surface area (TPSA) is 111 Å². The summed E-state index contributed by atoms with van der Waals surface area (Å²) in [7, 11) is 0. The molecule has 8 nitrogen and oxygen atoms in total. The Morgan fingerprint density at radius 2 is 2.04 bits per heavy atom. The van der Waals surface area contributed by atoms with Crippen LogP contribution in [0.2, 0.25) is 0 Å². The molecule has 0 unspecified atom stereocenters. The highest BCUT2D eigenvalue weighted by atomic mass is 16.4. The van der Waals surface area contributed by atoms with Gasteiger partial charge in [0.25, 0.3) is 0 Å². The highest BCUT2D eigenvalue weighted by Crippen LogP contribution is 2.30. The number of carbonyl (C=O) groups excluding carboxylic acids is 2. The molecule has 0 spiro atoms. The van der Waals surface area contributed by atoms with Gasteiger partial charge in [0.15, 0.2) is 0 Å². The Hall–Kier alpha value is -2.77. The van der Waals surface area contributed by atoms with Gasteiger partial charge >= 0.3 is 18.0 Å². The highest BCUT2D eigenvalue weighted by Gasteiger charge is 2.24. The van der Waals surface area contributed by atoms with E-state index in [-0.39, 0.29) is 19.0 Å². The van der Waals surface area contributed by atoms with Gasteiger partial charge in [-0.25, -0.2) is 9.59 Å². The maximum Gasteiger partial charge on any atom is 0.321 e. The molecule has 1 heterocycles. The average Bonchev–Trinajstić information content (AvgIpc) is 2.95. The van der Waals surface area contributed by atoms with Gasteiger partial charge in [0.2, 0.25) is 0 Å². The molecule has 1 aliphatic heterocycles. The molecule has 8 heteroatoms. The molecule has 0 aliphatic carbocycles. The third kappa shape index (κ3) is 4.61. The minimum atomic E-state index is -0.888. The zero-order valence-electron chi connectivity index (χ0n) is 13.6. The summed E-state index contributed by atoms with van der Waals surface area (Å²) in [6.45, 7) is 3.32. The van der Waals surface area contributed by atoms with Crippen LogP contribution >= 0.6 is 0 Å². The van der Waals surface area contributed by atoms with Crippen LogP contribution < -0.4 is 20.9 Å². The van der Waals surface area contributed by atoms with Crippen LogP contribution in [0, 0.1) is 0 Å². The number of amides is 4. The van der Waals surface area contributed by atoms with Crippen molar-refractivity contribution in [2.75, 3.05) is 29.9 Å². The molecule has 0 fully saturated rings. The molecule has 0 saturated heterocycles. The second kappa shape index (κ2) is 8.19. The number of benzene rings is 1. The monoisotopic (exact) mass is 334 g/mol. The van der Waals surface area contributed by atoms with Crippen molar-refractivity contribution in [3.63, 3.8) is 0 Å². The van der Waals surface area contributed by atoms with Crippen molar-refractivity contribution >= 4 is 29.4 Å². The van der Waals surface area contributed by atoms with Crippen LogP contribution in [-0.2, 0) is 11.2 Å². The summed E-state index contributed by atoms with van der Waals surface area (Å²) >= 11 is 0. The number of carboxylic acid groups (broad SMARTS) is 1. The van der Waals surface area contributed by atoms with E-state index in [1.54, 1.807) is 17.0 Å². The van der Waals surface area contributed by atoms with Gasteiger partial charge in [-0.3, -0.25) is 9.69 Å². The second-order valence-corrected chi connectivity index (χ2v) is 5.46. The van der Waals surface area contributed by atoms with Gasteiger partial charge < -0.3 is 21.1 Å². The fraction of sp³-hybridized carbons (Fsp3) is 0.438. The number of rotatable bonds is 6. The van der Waals surface area contributed by atoms with Gasteiger partial charge in [-0.1, -0.05) is 6.07 Å². The normalized spacial score (nSPS) is 12.5. The van der Waals surface area contributed by atoms with Crippen LogP contribution in [0.15, 0.2) is 18.2 Å². The lowest BCUT2D eigenvalue weighted by Gasteiger charge is -2.18. The van der Waals surface area contributed by atoms with Crippen molar-refractivity contribution in [3.05, 3.63) is 23.8 Å². The molecule has 0 bridgehead atoms. The third-order valence-electron chi connectivity index (χ3n) is 3.66. The maximum absolute atomic E-state index is 12.0. The zero-order valence-corrected chi connectivity index (χ0v) is 13.6. The van der Waals surface area contributed by atoms with Crippen LogP contribution in [0.1, 0.15) is 25.3 Å². The molecule has 0 atom stereocenters. The fourth-order valence-electron chi connectivity index (χ4n) is 2.53. The largest absolute Gasteiger partial charge is 0.481 e. The van der Waals surface area contributed by atoms with Crippen molar-refractivity contribution in [3.8, 4) is 0 Å². The number of carbonyl (C=O) groups is 3. The number of urea groups is 2. The average molecular weight is 334 g/mol. The molecular weight excluding hydrogens is 312 g/mol. The van der Waals surface area contributed by atoms with Gasteiger partial charge in [0.1, 0.15) is 0 Å². The number of anilines is 2. The van der Waals surface area contributed by atoms with Crippen LogP contribution in [0.25, 0.3) is 0 Å². The van der Waals surface area contributed by atoms with E-state index in [4.69, 9.17) is 5.11 Å². The van der Waals surface area contributed by atoms with Gasteiger partial charge in [-0.05, 0) is 37.5 Å². The predicted octanol–water partition coefficient (Wildman–Crippen LogP) is 1.76. The first-order chi connectivity index (χ1) is 11.5. The number of aliphatic carboxylic acids is 1. The Labute approximate surface area is 140 Å². The summed E-state index contributed by atoms with van der Waals surface area (Å²) < 4.78 is 0. The number of hydrogen-bond donors (Lipinski definition) is 4. The van der Waals surface area contributed by atoms with Crippen molar-refractivity contribution in [1.82, 2.24) is 10.6 Å². The van der Waals surface area contributed by atoms with E-state index in [0.29, 0.717) is 25.2 Å². The quantitative estimate of drug-likeness (QED) is 0.594. The number of fused-ring (bicyclic) bond motifs is 1. The molecule has 130 valence electrons. The SMILES string of the molecule is CCNC(=O)N1CCc2ccc(NC(=O)NCCCC(=O)O)cc21. The van der Waals surface area contributed by atoms with E-state index >= 15 is 0 Å². The summed E-state index contributed by atoms with van der Waals surface area (Å²) in [5, 5.41) is 16.6. The molecule has 4 N–H and O–H groups in total. The first-order valence-electron chi connectivity index (χ1n) is 7.96. The van der Waals surface area contributed by atoms with E-state index in [1.165, 1.54) is 0 Å². The van der Waals surface area contributed by atoms with Gasteiger partial charge in [-0.15, -0.1) is 0 Å². The number of nitrogens with one attached hydrogen (secondary N) is 3. The lowest BCUT2D eigenvalue weighted by Crippen LogP contribution is -2.38. The molecule has 1 aliphatic rings. The van der Waals surface area contributed by atoms with Crippen LogP contribution in [0.3, 0.4) is 0 Å². The molecule has 24 heavy (non-hydrogen) atoms. The highest BCUT2D eigenvalue weighted by molar-refractivity contribution is 5.96. The van der Waals surface area contributed by atoms with Crippen molar-refractivity contribution in [2.45, 2.75) is 26.2 Å². The van der Waals surface area contributed by atoms with E-state index < -0.39 is 12.0 Å². The first kappa shape index (κ1) is 17.6. The van der Waals surface area contributed by atoms with Gasteiger partial charge in [0.05, 0.1) is 5.69 Å². The van der Waals surface area contributed by atoms with E-state index in [0.717, 1.165) is 17.7 Å². The van der Waals surface area contributed by atoms with Crippen LogP contribution in [-0.4, -0.2) is 42.8 Å². The fourth-order valence-corrected chi connectivity index (χ4v) is 2.53. The summed E-state index contributed by atoms with van der Waals surface area (Å²) in [6.07, 6.45) is 1.17. The molecule has 0 saturated carbocycles. The predicted molar refractivity (Wildman–Crippen MR) is 90.5 cm³/mol. The number of nitrogens with zero attached hydrogens (tertiary/aromatic N) is 1. The Balaban J connectivity index is 1.93. The maximum atomic E-state index is 12.0. The van der Waals surface area contributed by atoms with E-state index in [9.17, 15) is 14.4 Å². The first-order valence-corrected chi connectivity index (χ1v) is 7.96. The standard InChI is InChI=1S/C16H22N4O4/c1-2-17-16(24)20-9-7-11-5-6-12(10-13(11)20)19-15(23)18-8-3-4-14(21)22/h5-6,10H,2-4,7-9H2,1H3,(H,17,24)(H,21,22)(H2,18,19,23). The molecule has 1 aromatic rings. The van der Waals surface area contributed by atoms with Gasteiger partial charge in [0, 0.05) is 31.7 Å². The lowest BCUT2D eigenvalue weighted by molar-refractivity contribution is -0.137. The molecule has 4 amide bonds. The summed E-state index contributed by atoms with van der Waals surface area (Å²) in [5.41, 5.74) is 2.44. The zero-order chi connectivity index (χ0) is 17.5. The minimum Gasteiger partial charge on any atom is -0.481 e. The summed E-state index contributed by atoms with van der Waals surface area (Å²) in [6, 6.07) is 4.91. The van der Waals surface area contributed by atoms with Gasteiger partial charge in [-0.2, -0.15) is 0 Å². The number of hydrogen-bond acceptors (Lipinski definition) is 3. The Morgan fingerprint density at radius 1 is 1.25 bits per heavy atom. The van der Waals surface area contributed by atoms with E-state index in [2.05, 4.69) is 16.0 Å². The lowest BCUT2D eigenvalue weighted by atomic mass is 10.1. The molecule has 0 radical (unpaired) electrons. The third-order valence-corrected chi connectivity index (χ3v) is 3.66. The molecule has 0 aromatic heterocycles. The van der Waals surface area contributed by atoms with Crippen molar-refractivity contribution < 1.29 is 19.5 Å². The van der Waals surface area contributed by atoms with Crippen molar-refractivity contribution in [2.24, 2.45) is 0 Å². The summed E-state index contributed by atoms with van der Waals surface area (Å²) in [4.78, 5) is 35.9. The van der Waals surface area contributed by atoms with Crippen LogP contribution in [0.4, 0.5) is 21.0 Å². The smallest absolute Gasteiger partial charge is 0.321 e. The number of carboxylic acids is 1.